The fraction of sp³-hybridized carbons (Fsp3) is 0.636. The highest BCUT2D eigenvalue weighted by Crippen LogP contribution is 2.20. The Morgan fingerprint density at radius 1 is 1.35 bits per heavy atom. The number of unbranched alkanes of at least 4 members (excludes halogenated alkanes) is 4. The van der Waals surface area contributed by atoms with Crippen molar-refractivity contribution in [1.29, 1.82) is 0 Å². The van der Waals surface area contributed by atoms with Crippen molar-refractivity contribution in [2.45, 2.75) is 39.0 Å². The number of nitrogens with zero attached hydrogens (tertiary/aromatic N) is 1. The van der Waals surface area contributed by atoms with Crippen LogP contribution in [-0.2, 0) is 4.79 Å². The normalized spacial score (nSPS) is 9.35. The molecule has 0 aliphatic rings. The first-order valence-electron chi connectivity index (χ1n) is 5.64. The van der Waals surface area contributed by atoms with Crippen LogP contribution in [0.25, 0.3) is 0 Å². The van der Waals surface area contributed by atoms with Crippen molar-refractivity contribution in [2.24, 2.45) is 0 Å². The van der Waals surface area contributed by atoms with Gasteiger partial charge in [-0.2, -0.15) is 4.37 Å². The van der Waals surface area contributed by atoms with Crippen molar-refractivity contribution in [3.8, 4) is 0 Å². The monoisotopic (exact) mass is 296 g/mol. The van der Waals surface area contributed by atoms with Crippen LogP contribution in [0.3, 0.4) is 0 Å². The summed E-state index contributed by atoms with van der Waals surface area (Å²) in [6.45, 7) is 3.04. The second-order valence-electron chi connectivity index (χ2n) is 3.44. The van der Waals surface area contributed by atoms with Gasteiger partial charge in [0, 0.05) is 11.9 Å². The number of carbonyl (C=O) groups excluding carboxylic acids is 1. The molecule has 6 heteroatoms. The van der Waals surface area contributed by atoms with Crippen LogP contribution in [0.4, 0.5) is 0 Å². The highest BCUT2D eigenvalue weighted by Gasteiger charge is 1.94. The molecule has 1 aromatic heterocycles. The molecule has 1 amide bonds. The third-order valence-electron chi connectivity index (χ3n) is 1.99. The van der Waals surface area contributed by atoms with Crippen LogP contribution in [0.2, 0.25) is 10.2 Å². The third-order valence-corrected chi connectivity index (χ3v) is 3.53. The highest BCUT2D eigenvalue weighted by molar-refractivity contribution is 7.04. The molecule has 0 bridgehead atoms. The van der Waals surface area contributed by atoms with Gasteiger partial charge >= 0.3 is 0 Å². The first kappa shape index (κ1) is 16.7. The number of aromatic nitrogens is 1. The summed E-state index contributed by atoms with van der Waals surface area (Å²) in [7, 11) is 0. The minimum atomic E-state index is 0.395. The first-order valence-corrected chi connectivity index (χ1v) is 7.24. The van der Waals surface area contributed by atoms with Gasteiger partial charge in [-0.25, -0.2) is 0 Å². The maximum absolute atomic E-state index is 9.78. The van der Waals surface area contributed by atoms with E-state index >= 15 is 0 Å². The number of amides is 1. The summed E-state index contributed by atoms with van der Waals surface area (Å²) in [5.74, 6) is 0. The van der Waals surface area contributed by atoms with E-state index < -0.39 is 0 Å². The van der Waals surface area contributed by atoms with Crippen LogP contribution < -0.4 is 5.32 Å². The lowest BCUT2D eigenvalue weighted by Crippen LogP contribution is -2.11. The number of hydrogen-bond donors (Lipinski definition) is 1. The van der Waals surface area contributed by atoms with Gasteiger partial charge in [-0.1, -0.05) is 55.8 Å². The zero-order valence-corrected chi connectivity index (χ0v) is 12.2. The van der Waals surface area contributed by atoms with Crippen molar-refractivity contribution >= 4 is 41.1 Å². The number of carbonyl (C=O) groups is 1. The molecular formula is C11H18Cl2N2OS. The third kappa shape index (κ3) is 10.5. The van der Waals surface area contributed by atoms with E-state index in [1.54, 1.807) is 5.38 Å². The van der Waals surface area contributed by atoms with Crippen molar-refractivity contribution in [2.75, 3.05) is 6.54 Å². The molecule has 0 atom stereocenters. The average molecular weight is 297 g/mol. The number of halogens is 2. The van der Waals surface area contributed by atoms with Crippen LogP contribution in [0.5, 0.6) is 0 Å². The molecule has 0 saturated heterocycles. The fourth-order valence-electron chi connectivity index (χ4n) is 1.10. The zero-order valence-electron chi connectivity index (χ0n) is 9.92. The second kappa shape index (κ2) is 12.1. The van der Waals surface area contributed by atoms with E-state index in [0.717, 1.165) is 19.4 Å². The van der Waals surface area contributed by atoms with Gasteiger partial charge in [0.1, 0.15) is 0 Å². The van der Waals surface area contributed by atoms with Gasteiger partial charge < -0.3 is 5.32 Å². The summed E-state index contributed by atoms with van der Waals surface area (Å²) in [5, 5.41) is 5.26. The van der Waals surface area contributed by atoms with E-state index in [4.69, 9.17) is 23.2 Å². The van der Waals surface area contributed by atoms with Gasteiger partial charge in [0.05, 0.1) is 5.02 Å². The molecule has 0 aliphatic carbocycles. The molecule has 98 valence electrons. The number of rotatable bonds is 7. The molecule has 1 N–H and O–H groups in total. The molecule has 1 aromatic rings. The maximum atomic E-state index is 9.78. The summed E-state index contributed by atoms with van der Waals surface area (Å²) in [5.41, 5.74) is 0. The van der Waals surface area contributed by atoms with Gasteiger partial charge in [0.25, 0.3) is 0 Å². The summed E-state index contributed by atoms with van der Waals surface area (Å²) < 4.78 is 3.69. The predicted octanol–water partition coefficient (Wildman–Crippen LogP) is 4.15. The lowest BCUT2D eigenvalue weighted by molar-refractivity contribution is -0.109. The lowest BCUT2D eigenvalue weighted by atomic mass is 10.1. The Morgan fingerprint density at radius 3 is 2.47 bits per heavy atom. The first-order chi connectivity index (χ1) is 8.22. The van der Waals surface area contributed by atoms with E-state index in [0.29, 0.717) is 10.2 Å². The molecule has 1 rings (SSSR count). The summed E-state index contributed by atoms with van der Waals surface area (Å²) in [6, 6.07) is 0. The minimum absolute atomic E-state index is 0.395. The Bertz CT molecular complexity index is 278. The van der Waals surface area contributed by atoms with E-state index in [1.807, 2.05) is 0 Å². The van der Waals surface area contributed by atoms with Crippen LogP contribution in [0, 0.1) is 0 Å². The average Bonchev–Trinajstić information content (AvgIpc) is 2.69. The van der Waals surface area contributed by atoms with Gasteiger partial charge in [-0.05, 0) is 18.0 Å². The number of hydrogen-bond acceptors (Lipinski definition) is 3. The molecule has 0 spiro atoms. The molecule has 0 aliphatic heterocycles. The van der Waals surface area contributed by atoms with Crippen LogP contribution in [-0.4, -0.2) is 17.3 Å². The van der Waals surface area contributed by atoms with E-state index in [-0.39, 0.29) is 0 Å². The molecule has 0 saturated carbocycles. The maximum Gasteiger partial charge on any atom is 0.207 e. The van der Waals surface area contributed by atoms with Crippen molar-refractivity contribution in [1.82, 2.24) is 9.69 Å². The SMILES string of the molecule is CCCCCCCNC=O.Clc1csnc1Cl. The lowest BCUT2D eigenvalue weighted by Gasteiger charge is -1.97. The van der Waals surface area contributed by atoms with Crippen LogP contribution in [0.15, 0.2) is 5.38 Å². The highest BCUT2D eigenvalue weighted by atomic mass is 35.5. The molecular weight excluding hydrogens is 279 g/mol. The van der Waals surface area contributed by atoms with Gasteiger partial charge in [0.15, 0.2) is 5.15 Å². The quantitative estimate of drug-likeness (QED) is 0.606. The summed E-state index contributed by atoms with van der Waals surface area (Å²) in [6.07, 6.45) is 7.03. The van der Waals surface area contributed by atoms with Crippen LogP contribution >= 0.6 is 34.7 Å². The van der Waals surface area contributed by atoms with Gasteiger partial charge in [-0.3, -0.25) is 4.79 Å². The standard InChI is InChI=1S/C8H17NO.C3HCl2NS/c1-2-3-4-5-6-7-9-8-10;4-2-1-7-6-3(2)5/h8H,2-7H2,1H3,(H,9,10);1H. The second-order valence-corrected chi connectivity index (χ2v) is 4.83. The van der Waals surface area contributed by atoms with Crippen molar-refractivity contribution in [3.63, 3.8) is 0 Å². The Labute approximate surface area is 117 Å². The molecule has 0 aromatic carbocycles. The topological polar surface area (TPSA) is 42.0 Å². The molecule has 0 radical (unpaired) electrons. The van der Waals surface area contributed by atoms with E-state index in [1.165, 1.54) is 37.2 Å². The Hall–Kier alpha value is -0.320. The summed E-state index contributed by atoms with van der Waals surface area (Å²) in [4.78, 5) is 9.78. The Morgan fingerprint density at radius 2 is 2.06 bits per heavy atom. The number of nitrogens with one attached hydrogen (secondary N) is 1. The van der Waals surface area contributed by atoms with E-state index in [9.17, 15) is 4.79 Å². The minimum Gasteiger partial charge on any atom is -0.359 e. The molecule has 1 heterocycles. The Balaban J connectivity index is 0.000000318. The molecule has 0 fully saturated rings. The van der Waals surface area contributed by atoms with Gasteiger partial charge in [0.2, 0.25) is 6.41 Å². The smallest absolute Gasteiger partial charge is 0.207 e. The predicted molar refractivity (Wildman–Crippen MR) is 75.0 cm³/mol. The largest absolute Gasteiger partial charge is 0.359 e. The van der Waals surface area contributed by atoms with Crippen molar-refractivity contribution < 1.29 is 4.79 Å². The molecule has 0 unspecified atom stereocenters. The Kier molecular flexibility index (Phi) is 11.9. The fourth-order valence-corrected chi connectivity index (χ4v) is 2.00. The zero-order chi connectivity index (χ0) is 12.9. The van der Waals surface area contributed by atoms with Crippen LogP contribution in [0.1, 0.15) is 39.0 Å². The van der Waals surface area contributed by atoms with E-state index in [2.05, 4.69) is 16.6 Å². The molecule has 3 nitrogen and oxygen atoms in total. The van der Waals surface area contributed by atoms with Gasteiger partial charge in [-0.15, -0.1) is 0 Å². The molecule has 17 heavy (non-hydrogen) atoms. The van der Waals surface area contributed by atoms with Crippen molar-refractivity contribution in [3.05, 3.63) is 15.6 Å². The summed E-state index contributed by atoms with van der Waals surface area (Å²) >= 11 is 12.1.